The van der Waals surface area contributed by atoms with E-state index in [9.17, 15) is 19.8 Å². The van der Waals surface area contributed by atoms with E-state index in [1.807, 2.05) is 37.3 Å². The van der Waals surface area contributed by atoms with Gasteiger partial charge >= 0.3 is 0 Å². The minimum absolute atomic E-state index is 0.00796. The average Bonchev–Trinajstić information content (AvgIpc) is 3.11. The van der Waals surface area contributed by atoms with Crippen molar-refractivity contribution >= 4 is 17.5 Å². The Morgan fingerprint density at radius 1 is 0.939 bits per heavy atom. The summed E-state index contributed by atoms with van der Waals surface area (Å²) < 4.78 is 5.77. The number of amides is 2. The Morgan fingerprint density at radius 2 is 1.58 bits per heavy atom. The number of rotatable bonds is 6. The van der Waals surface area contributed by atoms with E-state index in [1.54, 1.807) is 17.0 Å². The number of aliphatic hydroxyl groups is 2. The fourth-order valence-corrected chi connectivity index (χ4v) is 4.32. The van der Waals surface area contributed by atoms with Crippen molar-refractivity contribution in [3.63, 3.8) is 0 Å². The molecule has 3 N–H and O–H groups in total. The number of hydrogen-bond donors (Lipinski definition) is 3. The van der Waals surface area contributed by atoms with Crippen molar-refractivity contribution in [2.24, 2.45) is 0 Å². The summed E-state index contributed by atoms with van der Waals surface area (Å²) in [6.07, 6.45) is -3.94. The minimum Gasteiger partial charge on any atom is -0.388 e. The summed E-state index contributed by atoms with van der Waals surface area (Å²) >= 11 is 0. The van der Waals surface area contributed by atoms with Crippen molar-refractivity contribution in [3.8, 4) is 0 Å². The number of nitrogens with one attached hydrogen (secondary N) is 1. The maximum atomic E-state index is 12.8. The molecule has 4 atom stereocenters. The van der Waals surface area contributed by atoms with E-state index in [4.69, 9.17) is 4.74 Å². The lowest BCUT2D eigenvalue weighted by Gasteiger charge is -2.36. The number of aryl methyl sites for hydroxylation is 1. The number of para-hydroxylation sites is 1. The zero-order chi connectivity index (χ0) is 23.4. The van der Waals surface area contributed by atoms with Crippen LogP contribution in [0.1, 0.15) is 22.3 Å². The summed E-state index contributed by atoms with van der Waals surface area (Å²) in [4.78, 5) is 29.1. The van der Waals surface area contributed by atoms with Gasteiger partial charge in [0.2, 0.25) is 5.91 Å². The van der Waals surface area contributed by atoms with Crippen molar-refractivity contribution in [1.82, 2.24) is 10.2 Å². The molecule has 0 unspecified atom stereocenters. The fourth-order valence-electron chi connectivity index (χ4n) is 4.32. The highest BCUT2D eigenvalue weighted by Gasteiger charge is 2.44. The van der Waals surface area contributed by atoms with Gasteiger partial charge in [-0.2, -0.15) is 0 Å². The number of anilines is 1. The van der Waals surface area contributed by atoms with Crippen molar-refractivity contribution < 1.29 is 24.5 Å². The molecule has 0 radical (unpaired) electrons. The van der Waals surface area contributed by atoms with Gasteiger partial charge in [0.1, 0.15) is 18.3 Å². The van der Waals surface area contributed by atoms with Crippen molar-refractivity contribution in [3.05, 3.63) is 65.7 Å². The number of ether oxygens (including phenoxy) is 1. The summed E-state index contributed by atoms with van der Waals surface area (Å²) in [5, 5.41) is 23.5. The minimum atomic E-state index is -1.18. The van der Waals surface area contributed by atoms with Gasteiger partial charge < -0.3 is 30.1 Å². The van der Waals surface area contributed by atoms with Crippen LogP contribution in [0.15, 0.2) is 54.6 Å². The first kappa shape index (κ1) is 23.2. The van der Waals surface area contributed by atoms with Crippen LogP contribution in [0.2, 0.25) is 0 Å². The third-order valence-electron chi connectivity index (χ3n) is 6.37. The standard InChI is InChI=1S/C25H31N3O5/c1-17-7-9-18(10-8-17)25(32)26-16-21-24(31)23(30)20(33-21)15-22(29)28-13-11-27(12-14-28)19-5-3-2-4-6-19/h2-10,20-21,23-24,30-31H,11-16H2,1H3,(H,26,32)/t20-,21+,23-,24+/m0/s1. The Hall–Kier alpha value is -2.94. The molecule has 176 valence electrons. The van der Waals surface area contributed by atoms with Crippen molar-refractivity contribution in [2.45, 2.75) is 37.8 Å². The van der Waals surface area contributed by atoms with Gasteiger partial charge in [-0.3, -0.25) is 9.59 Å². The molecule has 2 heterocycles. The third kappa shape index (κ3) is 5.52. The molecule has 4 rings (SSSR count). The molecule has 0 aliphatic carbocycles. The topological polar surface area (TPSA) is 102 Å². The number of benzene rings is 2. The van der Waals surface area contributed by atoms with Crippen LogP contribution in [0.5, 0.6) is 0 Å². The molecule has 2 aromatic carbocycles. The number of carbonyl (C=O) groups is 2. The lowest BCUT2D eigenvalue weighted by Crippen LogP contribution is -2.49. The highest BCUT2D eigenvalue weighted by molar-refractivity contribution is 5.94. The van der Waals surface area contributed by atoms with Crippen LogP contribution in [0.25, 0.3) is 0 Å². The molecule has 2 aliphatic heterocycles. The highest BCUT2D eigenvalue weighted by Crippen LogP contribution is 2.25. The predicted molar refractivity (Wildman–Crippen MR) is 124 cm³/mol. The maximum absolute atomic E-state index is 12.8. The number of aliphatic hydroxyl groups excluding tert-OH is 2. The largest absolute Gasteiger partial charge is 0.388 e. The number of piperazine rings is 1. The molecule has 8 heteroatoms. The Bertz CT molecular complexity index is 944. The van der Waals surface area contributed by atoms with Gasteiger partial charge in [-0.25, -0.2) is 0 Å². The van der Waals surface area contributed by atoms with Crippen LogP contribution in [0, 0.1) is 6.92 Å². The van der Waals surface area contributed by atoms with E-state index in [-0.39, 0.29) is 24.8 Å². The molecule has 2 aromatic rings. The van der Waals surface area contributed by atoms with Crippen LogP contribution in [-0.2, 0) is 9.53 Å². The van der Waals surface area contributed by atoms with Gasteiger partial charge in [-0.05, 0) is 31.2 Å². The van der Waals surface area contributed by atoms with Crippen LogP contribution < -0.4 is 10.2 Å². The van der Waals surface area contributed by atoms with E-state index < -0.39 is 24.4 Å². The molecule has 2 aliphatic rings. The van der Waals surface area contributed by atoms with Crippen molar-refractivity contribution in [1.29, 1.82) is 0 Å². The van der Waals surface area contributed by atoms with Gasteiger partial charge in [0.25, 0.3) is 5.91 Å². The normalized spacial score (nSPS) is 25.2. The summed E-state index contributed by atoms with van der Waals surface area (Å²) in [6, 6.07) is 17.2. The van der Waals surface area contributed by atoms with Gasteiger partial charge in [0, 0.05) is 44.0 Å². The lowest BCUT2D eigenvalue weighted by atomic mass is 10.0. The number of nitrogens with zero attached hydrogens (tertiary/aromatic N) is 2. The third-order valence-corrected chi connectivity index (χ3v) is 6.37. The van der Waals surface area contributed by atoms with Crippen LogP contribution >= 0.6 is 0 Å². The molecule has 0 aromatic heterocycles. The molecule has 8 nitrogen and oxygen atoms in total. The Morgan fingerprint density at radius 3 is 2.24 bits per heavy atom. The highest BCUT2D eigenvalue weighted by atomic mass is 16.5. The predicted octanol–water partition coefficient (Wildman–Crippen LogP) is 0.953. The second-order valence-electron chi connectivity index (χ2n) is 8.68. The van der Waals surface area contributed by atoms with Gasteiger partial charge in [0.15, 0.2) is 0 Å². The first-order chi connectivity index (χ1) is 15.9. The molecule has 0 saturated carbocycles. The monoisotopic (exact) mass is 453 g/mol. The molecular formula is C25H31N3O5. The molecule has 2 saturated heterocycles. The van der Waals surface area contributed by atoms with Crippen molar-refractivity contribution in [2.75, 3.05) is 37.6 Å². The first-order valence-electron chi connectivity index (χ1n) is 11.4. The smallest absolute Gasteiger partial charge is 0.251 e. The summed E-state index contributed by atoms with van der Waals surface area (Å²) in [6.45, 7) is 4.65. The molecular weight excluding hydrogens is 422 g/mol. The lowest BCUT2D eigenvalue weighted by molar-refractivity contribution is -0.135. The van der Waals surface area contributed by atoms with E-state index in [1.165, 1.54) is 0 Å². The number of hydrogen-bond acceptors (Lipinski definition) is 6. The van der Waals surface area contributed by atoms with E-state index >= 15 is 0 Å². The Kier molecular flexibility index (Phi) is 7.27. The zero-order valence-electron chi connectivity index (χ0n) is 18.8. The zero-order valence-corrected chi connectivity index (χ0v) is 18.8. The van der Waals surface area contributed by atoms with Gasteiger partial charge in [-0.15, -0.1) is 0 Å². The van der Waals surface area contributed by atoms with E-state index in [0.29, 0.717) is 18.7 Å². The first-order valence-corrected chi connectivity index (χ1v) is 11.4. The SMILES string of the molecule is Cc1ccc(C(=O)NC[C@H]2O[C@@H](CC(=O)N3CCN(c4ccccc4)CC3)[C@H](O)[C@@H]2O)cc1. The molecule has 2 amide bonds. The van der Waals surface area contributed by atoms with Gasteiger partial charge in [0.05, 0.1) is 12.5 Å². The second kappa shape index (κ2) is 10.3. The molecule has 33 heavy (non-hydrogen) atoms. The summed E-state index contributed by atoms with van der Waals surface area (Å²) in [7, 11) is 0. The van der Waals surface area contributed by atoms with Crippen LogP contribution in [0.4, 0.5) is 5.69 Å². The van der Waals surface area contributed by atoms with Crippen LogP contribution in [0.3, 0.4) is 0 Å². The molecule has 0 spiro atoms. The van der Waals surface area contributed by atoms with Gasteiger partial charge in [-0.1, -0.05) is 35.9 Å². The fraction of sp³-hybridized carbons (Fsp3) is 0.440. The molecule has 0 bridgehead atoms. The second-order valence-corrected chi connectivity index (χ2v) is 8.68. The average molecular weight is 454 g/mol. The number of carbonyl (C=O) groups excluding carboxylic acids is 2. The van der Waals surface area contributed by atoms with E-state index in [2.05, 4.69) is 22.3 Å². The summed E-state index contributed by atoms with van der Waals surface area (Å²) in [5.74, 6) is -0.389. The van der Waals surface area contributed by atoms with E-state index in [0.717, 1.165) is 24.3 Å². The Balaban J connectivity index is 1.25. The molecule has 2 fully saturated rings. The van der Waals surface area contributed by atoms with Crippen LogP contribution in [-0.4, -0.2) is 84.1 Å². The summed E-state index contributed by atoms with van der Waals surface area (Å²) in [5.41, 5.74) is 2.70. The Labute approximate surface area is 193 Å². The maximum Gasteiger partial charge on any atom is 0.251 e. The quantitative estimate of drug-likeness (QED) is 0.602.